The molecule has 0 radical (unpaired) electrons. The number of hydrogen-bond donors (Lipinski definition) is 1. The highest BCUT2D eigenvalue weighted by atomic mass is 79.9. The summed E-state index contributed by atoms with van der Waals surface area (Å²) in [6.07, 6.45) is 0.897. The number of amides is 1. The van der Waals surface area contributed by atoms with Crippen molar-refractivity contribution >= 4 is 21.8 Å². The van der Waals surface area contributed by atoms with Crippen LogP contribution in [0.1, 0.15) is 23.7 Å². The normalized spacial score (nSPS) is 9.86. The van der Waals surface area contributed by atoms with Gasteiger partial charge in [0.25, 0.3) is 5.91 Å². The van der Waals surface area contributed by atoms with Crippen LogP contribution in [0.15, 0.2) is 22.7 Å². The largest absolute Gasteiger partial charge is 0.493 e. The Hall–Kier alpha value is -1.03. The molecule has 0 atom stereocenters. The Balaban J connectivity index is 2.96. The summed E-state index contributed by atoms with van der Waals surface area (Å²) in [5.41, 5.74) is 5.63. The van der Waals surface area contributed by atoms with Gasteiger partial charge in [0.15, 0.2) is 0 Å². The van der Waals surface area contributed by atoms with Crippen molar-refractivity contribution in [1.29, 1.82) is 0 Å². The van der Waals surface area contributed by atoms with Crippen LogP contribution in [0.2, 0.25) is 0 Å². The first-order chi connectivity index (χ1) is 6.65. The van der Waals surface area contributed by atoms with Gasteiger partial charge in [-0.15, -0.1) is 0 Å². The second-order valence-corrected chi connectivity index (χ2v) is 3.77. The lowest BCUT2D eigenvalue weighted by molar-refractivity contribution is 0.0996. The predicted molar refractivity (Wildman–Crippen MR) is 58.4 cm³/mol. The molecule has 0 spiro atoms. The van der Waals surface area contributed by atoms with Crippen molar-refractivity contribution < 1.29 is 9.53 Å². The van der Waals surface area contributed by atoms with Gasteiger partial charge < -0.3 is 10.5 Å². The zero-order valence-electron chi connectivity index (χ0n) is 7.92. The van der Waals surface area contributed by atoms with Gasteiger partial charge >= 0.3 is 0 Å². The summed E-state index contributed by atoms with van der Waals surface area (Å²) in [4.78, 5) is 11.1. The van der Waals surface area contributed by atoms with Gasteiger partial charge in [-0.3, -0.25) is 4.79 Å². The van der Waals surface area contributed by atoms with E-state index < -0.39 is 5.91 Å². The third-order valence-electron chi connectivity index (χ3n) is 1.67. The molecule has 1 aromatic carbocycles. The average molecular weight is 258 g/mol. The van der Waals surface area contributed by atoms with Gasteiger partial charge in [0, 0.05) is 4.47 Å². The molecule has 1 aromatic rings. The maximum absolute atomic E-state index is 11.1. The Morgan fingerprint density at radius 2 is 2.29 bits per heavy atom. The van der Waals surface area contributed by atoms with E-state index in [-0.39, 0.29) is 0 Å². The van der Waals surface area contributed by atoms with E-state index in [4.69, 9.17) is 10.5 Å². The lowest BCUT2D eigenvalue weighted by Gasteiger charge is -2.08. The maximum atomic E-state index is 11.1. The second kappa shape index (κ2) is 5.00. The molecule has 76 valence electrons. The highest BCUT2D eigenvalue weighted by Crippen LogP contribution is 2.22. The Morgan fingerprint density at radius 3 is 2.86 bits per heavy atom. The monoisotopic (exact) mass is 257 g/mol. The van der Waals surface area contributed by atoms with Crippen LogP contribution in [0.5, 0.6) is 5.75 Å². The van der Waals surface area contributed by atoms with Gasteiger partial charge in [0.1, 0.15) is 5.75 Å². The van der Waals surface area contributed by atoms with E-state index in [1.165, 1.54) is 0 Å². The molecule has 0 saturated carbocycles. The standard InChI is InChI=1S/C10H12BrNO2/c1-2-5-14-9-4-3-7(11)6-8(9)10(12)13/h3-4,6H,2,5H2,1H3,(H2,12,13). The number of benzene rings is 1. The molecule has 0 aliphatic rings. The van der Waals surface area contributed by atoms with E-state index in [0.717, 1.165) is 10.9 Å². The third kappa shape index (κ3) is 2.73. The molecule has 14 heavy (non-hydrogen) atoms. The summed E-state index contributed by atoms with van der Waals surface area (Å²) in [5.74, 6) is 0.0694. The summed E-state index contributed by atoms with van der Waals surface area (Å²) in [6.45, 7) is 2.59. The fraction of sp³-hybridized carbons (Fsp3) is 0.300. The summed E-state index contributed by atoms with van der Waals surface area (Å²) in [6, 6.07) is 5.21. The van der Waals surface area contributed by atoms with Crippen molar-refractivity contribution in [3.8, 4) is 5.75 Å². The van der Waals surface area contributed by atoms with E-state index in [1.807, 2.05) is 13.0 Å². The molecule has 0 bridgehead atoms. The lowest BCUT2D eigenvalue weighted by atomic mass is 10.2. The minimum Gasteiger partial charge on any atom is -0.493 e. The molecule has 0 aliphatic heterocycles. The highest BCUT2D eigenvalue weighted by molar-refractivity contribution is 9.10. The number of ether oxygens (including phenoxy) is 1. The molecule has 0 saturated heterocycles. The fourth-order valence-corrected chi connectivity index (χ4v) is 1.39. The molecule has 0 fully saturated rings. The minimum absolute atomic E-state index is 0.410. The van der Waals surface area contributed by atoms with E-state index >= 15 is 0 Å². The highest BCUT2D eigenvalue weighted by Gasteiger charge is 2.09. The topological polar surface area (TPSA) is 52.3 Å². The van der Waals surface area contributed by atoms with Crippen LogP contribution in [0, 0.1) is 0 Å². The van der Waals surface area contributed by atoms with Crippen LogP contribution in [0.3, 0.4) is 0 Å². The first kappa shape index (κ1) is 11.0. The average Bonchev–Trinajstić information content (AvgIpc) is 2.15. The van der Waals surface area contributed by atoms with Crippen molar-refractivity contribution in [3.05, 3.63) is 28.2 Å². The molecule has 0 heterocycles. The van der Waals surface area contributed by atoms with Crippen molar-refractivity contribution in [1.82, 2.24) is 0 Å². The molecule has 3 nitrogen and oxygen atoms in total. The number of nitrogens with two attached hydrogens (primary N) is 1. The van der Waals surface area contributed by atoms with Crippen molar-refractivity contribution in [2.45, 2.75) is 13.3 Å². The van der Waals surface area contributed by atoms with Crippen LogP contribution in [0.25, 0.3) is 0 Å². The van der Waals surface area contributed by atoms with Crippen LogP contribution in [0.4, 0.5) is 0 Å². The summed E-state index contributed by atoms with van der Waals surface area (Å²) in [5, 5.41) is 0. The number of halogens is 1. The zero-order chi connectivity index (χ0) is 10.6. The first-order valence-corrected chi connectivity index (χ1v) is 5.16. The third-order valence-corrected chi connectivity index (χ3v) is 2.16. The molecule has 1 rings (SSSR count). The summed E-state index contributed by atoms with van der Waals surface area (Å²) < 4.78 is 6.20. The molecule has 2 N–H and O–H groups in total. The van der Waals surface area contributed by atoms with Crippen LogP contribution >= 0.6 is 15.9 Å². The Kier molecular flexibility index (Phi) is 3.95. The molecule has 0 aliphatic carbocycles. The van der Waals surface area contributed by atoms with Gasteiger partial charge in [-0.1, -0.05) is 22.9 Å². The van der Waals surface area contributed by atoms with E-state index in [2.05, 4.69) is 15.9 Å². The number of primary amides is 1. The quantitative estimate of drug-likeness (QED) is 0.901. The Morgan fingerprint density at radius 1 is 1.57 bits per heavy atom. The Bertz CT molecular complexity index is 339. The van der Waals surface area contributed by atoms with Gasteiger partial charge in [-0.25, -0.2) is 0 Å². The molecule has 4 heteroatoms. The second-order valence-electron chi connectivity index (χ2n) is 2.85. The smallest absolute Gasteiger partial charge is 0.252 e. The molecular weight excluding hydrogens is 246 g/mol. The zero-order valence-corrected chi connectivity index (χ0v) is 9.50. The molecule has 0 unspecified atom stereocenters. The fourth-order valence-electron chi connectivity index (χ4n) is 1.03. The Labute approximate surface area is 91.4 Å². The van der Waals surface area contributed by atoms with Crippen molar-refractivity contribution in [2.24, 2.45) is 5.73 Å². The first-order valence-electron chi connectivity index (χ1n) is 4.37. The SMILES string of the molecule is CCCOc1ccc(Br)cc1C(N)=O. The minimum atomic E-state index is -0.475. The number of hydrogen-bond acceptors (Lipinski definition) is 2. The van der Waals surface area contributed by atoms with Gasteiger partial charge in [0.05, 0.1) is 12.2 Å². The number of carbonyl (C=O) groups is 1. The van der Waals surface area contributed by atoms with Crippen LogP contribution < -0.4 is 10.5 Å². The van der Waals surface area contributed by atoms with Crippen LogP contribution in [-0.2, 0) is 0 Å². The van der Waals surface area contributed by atoms with Gasteiger partial charge in [0.2, 0.25) is 0 Å². The molecule has 1 amide bonds. The van der Waals surface area contributed by atoms with E-state index in [0.29, 0.717) is 17.9 Å². The van der Waals surface area contributed by atoms with Gasteiger partial charge in [-0.05, 0) is 24.6 Å². The van der Waals surface area contributed by atoms with E-state index in [9.17, 15) is 4.79 Å². The van der Waals surface area contributed by atoms with Gasteiger partial charge in [-0.2, -0.15) is 0 Å². The predicted octanol–water partition coefficient (Wildman–Crippen LogP) is 2.34. The molecular formula is C10H12BrNO2. The summed E-state index contributed by atoms with van der Waals surface area (Å²) >= 11 is 3.27. The lowest BCUT2D eigenvalue weighted by Crippen LogP contribution is -2.13. The summed E-state index contributed by atoms with van der Waals surface area (Å²) in [7, 11) is 0. The maximum Gasteiger partial charge on any atom is 0.252 e. The van der Waals surface area contributed by atoms with Crippen molar-refractivity contribution in [3.63, 3.8) is 0 Å². The van der Waals surface area contributed by atoms with Crippen molar-refractivity contribution in [2.75, 3.05) is 6.61 Å². The number of rotatable bonds is 4. The van der Waals surface area contributed by atoms with Crippen LogP contribution in [-0.4, -0.2) is 12.5 Å². The molecule has 0 aromatic heterocycles. The number of carbonyl (C=O) groups excluding carboxylic acids is 1. The van der Waals surface area contributed by atoms with E-state index in [1.54, 1.807) is 12.1 Å².